The van der Waals surface area contributed by atoms with Crippen molar-refractivity contribution in [1.82, 2.24) is 0 Å². The molecule has 0 N–H and O–H groups in total. The largest absolute Gasteiger partial charge is 0.431 e. The van der Waals surface area contributed by atoms with Crippen LogP contribution in [0.4, 0.5) is 0 Å². The molecule has 2 nitrogen and oxygen atoms in total. The van der Waals surface area contributed by atoms with Gasteiger partial charge in [0.25, 0.3) is 0 Å². The lowest BCUT2D eigenvalue weighted by molar-refractivity contribution is -0.0221. The molecule has 1 rings (SSSR count). The monoisotopic (exact) mass is 134 g/mol. The van der Waals surface area contributed by atoms with E-state index in [0.717, 1.165) is 29.6 Å². The molecule has 1 saturated heterocycles. The zero-order chi connectivity index (χ0) is 6.41. The van der Waals surface area contributed by atoms with E-state index in [1.807, 2.05) is 0 Å². The van der Waals surface area contributed by atoms with Crippen LogP contribution in [0.1, 0.15) is 6.92 Å². The summed E-state index contributed by atoms with van der Waals surface area (Å²) in [4.78, 5) is 0. The summed E-state index contributed by atoms with van der Waals surface area (Å²) >= 11 is 0. The minimum atomic E-state index is 0.843. The minimum Gasteiger partial charge on any atom is -0.431 e. The molecule has 0 spiro atoms. The van der Waals surface area contributed by atoms with Crippen LogP contribution in [0, 0.1) is 5.92 Å². The fourth-order valence-corrected chi connectivity index (χ4v) is 0.354. The van der Waals surface area contributed by atoms with Gasteiger partial charge in [0.05, 0.1) is 13.2 Å². The highest BCUT2D eigenvalue weighted by Crippen LogP contribution is 2.05. The van der Waals surface area contributed by atoms with Crippen LogP contribution in [-0.2, 0) is 9.16 Å². The number of hydrogen-bond acceptors (Lipinski definition) is 2. The first-order chi connectivity index (χ1) is 3.81. The van der Waals surface area contributed by atoms with Gasteiger partial charge >= 0.3 is 0 Å². The van der Waals surface area contributed by atoms with Gasteiger partial charge < -0.3 is 9.16 Å². The minimum absolute atomic E-state index is 0.843. The van der Waals surface area contributed by atoms with Crippen molar-refractivity contribution in [2.45, 2.75) is 6.92 Å². The molecule has 0 amide bonds. The van der Waals surface area contributed by atoms with E-state index >= 15 is 0 Å². The Kier molecular flexibility index (Phi) is 5.37. The Morgan fingerprint density at radius 2 is 1.88 bits per heavy atom. The molecule has 0 saturated carbocycles. The summed E-state index contributed by atoms with van der Waals surface area (Å²) in [7, 11) is 2.56. The Bertz CT molecular complexity index is 45.7. The third-order valence-electron chi connectivity index (χ3n) is 0.805. The highest BCUT2D eigenvalue weighted by molar-refractivity contribution is 5.97. The predicted octanol–water partition coefficient (Wildman–Crippen LogP) is -0.434. The van der Waals surface area contributed by atoms with Gasteiger partial charge in [-0.15, -0.1) is 0 Å². The van der Waals surface area contributed by atoms with Crippen LogP contribution in [0.15, 0.2) is 0 Å². The molecule has 1 heterocycles. The fraction of sp³-hybridized carbons (Fsp3) is 1.00. The maximum atomic E-state index is 4.83. The van der Waals surface area contributed by atoms with Crippen molar-refractivity contribution in [2.24, 2.45) is 5.92 Å². The molecule has 50 valence electrons. The van der Waals surface area contributed by atoms with Crippen LogP contribution in [0.2, 0.25) is 0 Å². The molecule has 0 bridgehead atoms. The Hall–Kier alpha value is 0.137. The summed E-state index contributed by atoms with van der Waals surface area (Å²) < 4.78 is 9.22. The molecule has 0 radical (unpaired) electrons. The molecular weight excluding hydrogens is 120 g/mol. The smallest absolute Gasteiger partial charge is 0.145 e. The molecule has 0 aromatic rings. The van der Waals surface area contributed by atoms with Gasteiger partial charge in [-0.05, 0) is 0 Å². The van der Waals surface area contributed by atoms with E-state index in [1.165, 1.54) is 0 Å². The van der Waals surface area contributed by atoms with Gasteiger partial charge in [0, 0.05) is 13.0 Å². The topological polar surface area (TPSA) is 18.5 Å². The SMILES string of the molecule is CC1COC1.CO[SiH3]. The third-order valence-corrected chi connectivity index (χ3v) is 0.805. The van der Waals surface area contributed by atoms with Crippen molar-refractivity contribution in [3.8, 4) is 0 Å². The van der Waals surface area contributed by atoms with Crippen LogP contribution in [-0.4, -0.2) is 30.8 Å². The van der Waals surface area contributed by atoms with Gasteiger partial charge in [-0.1, -0.05) is 6.92 Å². The van der Waals surface area contributed by atoms with Crippen LogP contribution in [0.3, 0.4) is 0 Å². The summed E-state index contributed by atoms with van der Waals surface area (Å²) in [5.74, 6) is 0.843. The van der Waals surface area contributed by atoms with Crippen LogP contribution in [0.5, 0.6) is 0 Å². The summed E-state index contributed by atoms with van der Waals surface area (Å²) in [6.07, 6.45) is 0. The lowest BCUT2D eigenvalue weighted by Gasteiger charge is -2.20. The van der Waals surface area contributed by atoms with Gasteiger partial charge in [0.2, 0.25) is 0 Å². The maximum Gasteiger partial charge on any atom is 0.145 e. The summed E-state index contributed by atoms with van der Waals surface area (Å²) in [6.45, 7) is 4.16. The van der Waals surface area contributed by atoms with Crippen molar-refractivity contribution < 1.29 is 9.16 Å². The van der Waals surface area contributed by atoms with Crippen molar-refractivity contribution in [1.29, 1.82) is 0 Å². The lowest BCUT2D eigenvalue weighted by atomic mass is 10.2. The first-order valence-corrected chi connectivity index (χ1v) is 3.60. The van der Waals surface area contributed by atoms with E-state index in [4.69, 9.17) is 4.74 Å². The quantitative estimate of drug-likeness (QED) is 0.418. The van der Waals surface area contributed by atoms with E-state index in [0.29, 0.717) is 0 Å². The molecule has 1 aliphatic heterocycles. The molecule has 0 aliphatic carbocycles. The molecule has 0 unspecified atom stereocenters. The molecule has 8 heavy (non-hydrogen) atoms. The molecular formula is C5H14O2Si. The van der Waals surface area contributed by atoms with Gasteiger partial charge in [0.1, 0.15) is 10.5 Å². The molecule has 1 aliphatic rings. The van der Waals surface area contributed by atoms with Crippen molar-refractivity contribution in [3.63, 3.8) is 0 Å². The molecule has 3 heteroatoms. The second-order valence-corrected chi connectivity index (χ2v) is 2.87. The van der Waals surface area contributed by atoms with Crippen molar-refractivity contribution in [2.75, 3.05) is 20.3 Å². The Labute approximate surface area is 53.7 Å². The zero-order valence-electron chi connectivity index (χ0n) is 5.81. The highest BCUT2D eigenvalue weighted by Gasteiger charge is 2.09. The van der Waals surface area contributed by atoms with Gasteiger partial charge in [-0.3, -0.25) is 0 Å². The normalized spacial score (nSPS) is 18.8. The van der Waals surface area contributed by atoms with Crippen LogP contribution < -0.4 is 0 Å². The van der Waals surface area contributed by atoms with E-state index in [-0.39, 0.29) is 0 Å². The maximum absolute atomic E-state index is 4.83. The standard InChI is InChI=1S/C4H8O.CH6OSi/c1-4-2-5-3-4;1-2-3/h4H,2-3H2,1H3;1,3H3. The average Bonchev–Trinajstić information content (AvgIpc) is 1.64. The zero-order valence-corrected chi connectivity index (χ0v) is 7.81. The van der Waals surface area contributed by atoms with E-state index in [9.17, 15) is 0 Å². The summed E-state index contributed by atoms with van der Waals surface area (Å²) in [6, 6.07) is 0. The van der Waals surface area contributed by atoms with Crippen LogP contribution >= 0.6 is 0 Å². The lowest BCUT2D eigenvalue weighted by Crippen LogP contribution is -2.23. The van der Waals surface area contributed by atoms with E-state index < -0.39 is 0 Å². The first-order valence-electron chi connectivity index (χ1n) is 2.79. The Morgan fingerprint density at radius 3 is 1.88 bits per heavy atom. The summed E-state index contributed by atoms with van der Waals surface area (Å²) in [5.41, 5.74) is 0. The van der Waals surface area contributed by atoms with Crippen LogP contribution in [0.25, 0.3) is 0 Å². The van der Waals surface area contributed by atoms with Gasteiger partial charge in [-0.25, -0.2) is 0 Å². The third kappa shape index (κ3) is 4.30. The Morgan fingerprint density at radius 1 is 1.62 bits per heavy atom. The average molecular weight is 134 g/mol. The number of rotatable bonds is 0. The number of hydrogen-bond donors (Lipinski definition) is 0. The van der Waals surface area contributed by atoms with Gasteiger partial charge in [-0.2, -0.15) is 0 Å². The molecule has 0 aromatic carbocycles. The Balaban J connectivity index is 0.000000145. The van der Waals surface area contributed by atoms with E-state index in [2.05, 4.69) is 11.3 Å². The fourth-order valence-electron chi connectivity index (χ4n) is 0.354. The molecule has 0 aromatic heterocycles. The van der Waals surface area contributed by atoms with Crippen molar-refractivity contribution >= 4 is 10.5 Å². The van der Waals surface area contributed by atoms with E-state index in [1.54, 1.807) is 7.11 Å². The second kappa shape index (κ2) is 5.28. The van der Waals surface area contributed by atoms with Crippen molar-refractivity contribution in [3.05, 3.63) is 0 Å². The number of ether oxygens (including phenoxy) is 1. The second-order valence-electron chi connectivity index (χ2n) is 2.05. The molecule has 0 atom stereocenters. The molecule has 1 fully saturated rings. The van der Waals surface area contributed by atoms with Gasteiger partial charge in [0.15, 0.2) is 0 Å². The highest BCUT2D eigenvalue weighted by atomic mass is 28.2. The summed E-state index contributed by atoms with van der Waals surface area (Å²) in [5, 5.41) is 0. The predicted molar refractivity (Wildman–Crippen MR) is 36.9 cm³/mol. The first kappa shape index (κ1) is 8.14.